The molecule has 0 amide bonds. The number of aliphatic carboxylic acids is 1. The van der Waals surface area contributed by atoms with Crippen LogP contribution in [-0.4, -0.2) is 36.3 Å². The van der Waals surface area contributed by atoms with Crippen LogP contribution in [0, 0.1) is 0 Å². The molecule has 0 aliphatic carbocycles. The number of pyridine rings is 1. The number of carboxylic acid groups (broad SMARTS) is 1. The summed E-state index contributed by atoms with van der Waals surface area (Å²) in [6.45, 7) is 1.93. The lowest BCUT2D eigenvalue weighted by atomic mass is 10.1. The lowest BCUT2D eigenvalue weighted by molar-refractivity contribution is -0.139. The van der Waals surface area contributed by atoms with Crippen LogP contribution in [0.15, 0.2) is 24.4 Å². The first-order valence-corrected chi connectivity index (χ1v) is 8.22. The van der Waals surface area contributed by atoms with Crippen molar-refractivity contribution >= 4 is 16.0 Å². The van der Waals surface area contributed by atoms with E-state index >= 15 is 0 Å². The second-order valence-electron chi connectivity index (χ2n) is 4.54. The van der Waals surface area contributed by atoms with Crippen LogP contribution in [0.3, 0.4) is 0 Å². The van der Waals surface area contributed by atoms with E-state index < -0.39 is 22.0 Å². The maximum Gasteiger partial charge on any atom is 0.321 e. The van der Waals surface area contributed by atoms with Crippen molar-refractivity contribution in [2.24, 2.45) is 0 Å². The summed E-state index contributed by atoms with van der Waals surface area (Å²) in [4.78, 5) is 15.1. The van der Waals surface area contributed by atoms with E-state index in [-0.39, 0.29) is 12.2 Å². The van der Waals surface area contributed by atoms with Crippen LogP contribution in [0.5, 0.6) is 0 Å². The second-order valence-corrected chi connectivity index (χ2v) is 6.41. The maximum absolute atomic E-state index is 11.9. The minimum Gasteiger partial charge on any atom is -0.480 e. The smallest absolute Gasteiger partial charge is 0.321 e. The van der Waals surface area contributed by atoms with Crippen molar-refractivity contribution in [2.45, 2.75) is 38.6 Å². The molecule has 7 heteroatoms. The summed E-state index contributed by atoms with van der Waals surface area (Å²) < 4.78 is 26.0. The van der Waals surface area contributed by atoms with E-state index in [9.17, 15) is 13.2 Å². The predicted octanol–water partition coefficient (Wildman–Crippen LogP) is 1.19. The number of carbonyl (C=O) groups is 1. The molecule has 1 aromatic rings. The third-order valence-corrected chi connectivity index (χ3v) is 4.20. The molecule has 112 valence electrons. The van der Waals surface area contributed by atoms with Crippen molar-refractivity contribution in [3.63, 3.8) is 0 Å². The number of hydrogen-bond acceptors (Lipinski definition) is 4. The first-order chi connectivity index (χ1) is 9.44. The predicted molar refractivity (Wildman–Crippen MR) is 75.8 cm³/mol. The average Bonchev–Trinajstić information content (AvgIpc) is 2.42. The first-order valence-electron chi connectivity index (χ1n) is 6.57. The highest BCUT2D eigenvalue weighted by Gasteiger charge is 2.23. The van der Waals surface area contributed by atoms with Crippen LogP contribution in [0.1, 0.15) is 31.9 Å². The molecule has 0 aromatic carbocycles. The van der Waals surface area contributed by atoms with E-state index in [4.69, 9.17) is 5.11 Å². The lowest BCUT2D eigenvalue weighted by Gasteiger charge is -2.14. The van der Waals surface area contributed by atoms with Crippen LogP contribution in [-0.2, 0) is 21.2 Å². The number of nitrogens with zero attached hydrogens (tertiary/aromatic N) is 1. The van der Waals surface area contributed by atoms with Crippen molar-refractivity contribution in [3.8, 4) is 0 Å². The Balaban J connectivity index is 2.56. The van der Waals surface area contributed by atoms with Crippen LogP contribution >= 0.6 is 0 Å². The van der Waals surface area contributed by atoms with Gasteiger partial charge in [0.05, 0.1) is 5.75 Å². The molecule has 20 heavy (non-hydrogen) atoms. The zero-order valence-electron chi connectivity index (χ0n) is 11.4. The molecular formula is C13H20N2O4S. The van der Waals surface area contributed by atoms with Gasteiger partial charge < -0.3 is 5.11 Å². The number of unbranched alkanes of at least 4 members (excludes halogenated alkanes) is 1. The topological polar surface area (TPSA) is 96.4 Å². The van der Waals surface area contributed by atoms with Crippen molar-refractivity contribution in [3.05, 3.63) is 30.1 Å². The summed E-state index contributed by atoms with van der Waals surface area (Å²) >= 11 is 0. The Morgan fingerprint density at radius 2 is 2.20 bits per heavy atom. The highest BCUT2D eigenvalue weighted by atomic mass is 32.2. The molecule has 0 spiro atoms. The molecule has 0 radical (unpaired) electrons. The molecule has 1 heterocycles. The van der Waals surface area contributed by atoms with Crippen molar-refractivity contribution in [1.82, 2.24) is 9.71 Å². The Kier molecular flexibility index (Phi) is 6.60. The van der Waals surface area contributed by atoms with Crippen molar-refractivity contribution in [1.29, 1.82) is 0 Å². The monoisotopic (exact) mass is 300 g/mol. The molecule has 2 N–H and O–H groups in total. The molecular weight excluding hydrogens is 280 g/mol. The molecule has 0 fully saturated rings. The number of rotatable bonds is 9. The van der Waals surface area contributed by atoms with Crippen LogP contribution < -0.4 is 4.72 Å². The summed E-state index contributed by atoms with van der Waals surface area (Å²) in [5.74, 6) is -1.31. The normalized spacial score (nSPS) is 13.1. The third kappa shape index (κ3) is 6.12. The van der Waals surface area contributed by atoms with Gasteiger partial charge in [-0.2, -0.15) is 0 Å². The number of aryl methyl sites for hydroxylation is 1. The van der Waals surface area contributed by atoms with Gasteiger partial charge in [-0.3, -0.25) is 9.78 Å². The Hall–Kier alpha value is -1.47. The average molecular weight is 300 g/mol. The van der Waals surface area contributed by atoms with E-state index in [0.29, 0.717) is 18.5 Å². The van der Waals surface area contributed by atoms with Gasteiger partial charge in [0.15, 0.2) is 0 Å². The van der Waals surface area contributed by atoms with Gasteiger partial charge in [-0.15, -0.1) is 0 Å². The van der Waals surface area contributed by atoms with Gasteiger partial charge in [-0.1, -0.05) is 25.8 Å². The Labute approximate surface area is 119 Å². The summed E-state index contributed by atoms with van der Waals surface area (Å²) in [5.41, 5.74) is 0.665. The summed E-state index contributed by atoms with van der Waals surface area (Å²) in [6, 6.07) is 4.22. The molecule has 0 aliphatic rings. The fourth-order valence-electron chi connectivity index (χ4n) is 1.70. The first kappa shape index (κ1) is 16.6. The highest BCUT2D eigenvalue weighted by molar-refractivity contribution is 7.89. The number of sulfonamides is 1. The molecule has 1 rings (SSSR count). The van der Waals surface area contributed by atoms with Crippen molar-refractivity contribution < 1.29 is 18.3 Å². The largest absolute Gasteiger partial charge is 0.480 e. The van der Waals surface area contributed by atoms with Gasteiger partial charge in [0.1, 0.15) is 6.04 Å². The van der Waals surface area contributed by atoms with Crippen LogP contribution in [0.25, 0.3) is 0 Å². The van der Waals surface area contributed by atoms with Gasteiger partial charge in [0, 0.05) is 18.3 Å². The molecule has 0 saturated carbocycles. The lowest BCUT2D eigenvalue weighted by Crippen LogP contribution is -2.42. The molecule has 0 aliphatic heterocycles. The third-order valence-electron chi connectivity index (χ3n) is 2.82. The Morgan fingerprint density at radius 1 is 1.45 bits per heavy atom. The van der Waals surface area contributed by atoms with Gasteiger partial charge in [-0.25, -0.2) is 13.1 Å². The Bertz CT molecular complexity index is 516. The SMILES string of the molecule is CCCCC(NS(=O)(=O)CCc1ccccn1)C(=O)O. The van der Waals surface area contributed by atoms with E-state index in [0.717, 1.165) is 6.42 Å². The van der Waals surface area contributed by atoms with Crippen LogP contribution in [0.4, 0.5) is 0 Å². The zero-order chi connectivity index (χ0) is 15.0. The molecule has 0 bridgehead atoms. The van der Waals surface area contributed by atoms with Gasteiger partial charge >= 0.3 is 5.97 Å². The van der Waals surface area contributed by atoms with E-state index in [2.05, 4.69) is 9.71 Å². The molecule has 1 unspecified atom stereocenters. The standard InChI is InChI=1S/C13H20N2O4S/c1-2-3-7-12(13(16)17)15-20(18,19)10-8-11-6-4-5-9-14-11/h4-6,9,12,15H,2-3,7-8,10H2,1H3,(H,16,17). The summed E-state index contributed by atoms with van der Waals surface area (Å²) in [7, 11) is -3.63. The van der Waals surface area contributed by atoms with Gasteiger partial charge in [0.25, 0.3) is 0 Å². The fourth-order valence-corrected chi connectivity index (χ4v) is 2.95. The van der Waals surface area contributed by atoms with E-state index in [1.165, 1.54) is 0 Å². The summed E-state index contributed by atoms with van der Waals surface area (Å²) in [6.07, 6.45) is 3.64. The minimum atomic E-state index is -3.63. The number of carboxylic acids is 1. The summed E-state index contributed by atoms with van der Waals surface area (Å²) in [5, 5.41) is 9.01. The molecule has 6 nitrogen and oxygen atoms in total. The van der Waals surface area contributed by atoms with Crippen LogP contribution in [0.2, 0.25) is 0 Å². The highest BCUT2D eigenvalue weighted by Crippen LogP contribution is 2.04. The number of nitrogens with one attached hydrogen (secondary N) is 1. The van der Waals surface area contributed by atoms with Gasteiger partial charge in [0.2, 0.25) is 10.0 Å². The minimum absolute atomic E-state index is 0.167. The van der Waals surface area contributed by atoms with E-state index in [1.807, 2.05) is 6.92 Å². The second kappa shape index (κ2) is 7.96. The van der Waals surface area contributed by atoms with E-state index in [1.54, 1.807) is 24.4 Å². The number of hydrogen-bond donors (Lipinski definition) is 2. The zero-order valence-corrected chi connectivity index (χ0v) is 12.3. The molecule has 0 saturated heterocycles. The van der Waals surface area contributed by atoms with Gasteiger partial charge in [-0.05, 0) is 18.6 Å². The molecule has 1 atom stereocenters. The Morgan fingerprint density at radius 3 is 2.75 bits per heavy atom. The molecule has 1 aromatic heterocycles. The number of aromatic nitrogens is 1. The maximum atomic E-state index is 11.9. The fraction of sp³-hybridized carbons (Fsp3) is 0.538. The quantitative estimate of drug-likeness (QED) is 0.714. The van der Waals surface area contributed by atoms with Crippen molar-refractivity contribution in [2.75, 3.05) is 5.75 Å².